The van der Waals surface area contributed by atoms with Gasteiger partial charge >= 0.3 is 5.97 Å². The van der Waals surface area contributed by atoms with Crippen LogP contribution in [0.2, 0.25) is 0 Å². The van der Waals surface area contributed by atoms with Gasteiger partial charge in [0.15, 0.2) is 0 Å². The van der Waals surface area contributed by atoms with Gasteiger partial charge in [0.05, 0.1) is 5.56 Å². The first-order valence-corrected chi connectivity index (χ1v) is 7.34. The number of nitrogen functional groups attached to an aromatic ring is 1. The maximum Gasteiger partial charge on any atom is 0.335 e. The number of carboxylic acid groups (broad SMARTS) is 1. The highest BCUT2D eigenvalue weighted by atomic mass is 79.9. The van der Waals surface area contributed by atoms with Gasteiger partial charge in [0.25, 0.3) is 0 Å². The number of halogens is 1. The van der Waals surface area contributed by atoms with Crippen LogP contribution in [0.25, 0.3) is 0 Å². The van der Waals surface area contributed by atoms with Crippen molar-refractivity contribution in [1.82, 2.24) is 0 Å². The Bertz CT molecular complexity index is 616. The molecule has 2 rings (SSSR count). The lowest BCUT2D eigenvalue weighted by Crippen LogP contribution is -1.96. The summed E-state index contributed by atoms with van der Waals surface area (Å²) in [4.78, 5) is 11.9. The Balaban J connectivity index is 2.10. The van der Waals surface area contributed by atoms with E-state index in [-0.39, 0.29) is 5.56 Å². The van der Waals surface area contributed by atoms with Crippen LogP contribution < -0.4 is 5.73 Å². The largest absolute Gasteiger partial charge is 0.478 e. The molecule has 0 radical (unpaired) electrons. The molecule has 0 saturated heterocycles. The summed E-state index contributed by atoms with van der Waals surface area (Å²) in [7, 11) is 0. The van der Waals surface area contributed by atoms with Crippen molar-refractivity contribution in [3.8, 4) is 0 Å². The molecule has 0 bridgehead atoms. The molecular weight excluding hydrogens is 326 g/mol. The molecule has 0 aliphatic rings. The number of nitrogens with two attached hydrogens (primary N) is 1. The van der Waals surface area contributed by atoms with Crippen molar-refractivity contribution in [2.24, 2.45) is 0 Å². The van der Waals surface area contributed by atoms with Crippen LogP contribution in [0, 0.1) is 0 Å². The van der Waals surface area contributed by atoms with E-state index in [4.69, 9.17) is 10.8 Å². The fraction of sp³-hybridized carbons (Fsp3) is 0.0714. The molecule has 0 fully saturated rings. The van der Waals surface area contributed by atoms with E-state index < -0.39 is 5.97 Å². The van der Waals surface area contributed by atoms with Crippen LogP contribution in [-0.4, -0.2) is 11.1 Å². The normalized spacial score (nSPS) is 10.4. The predicted octanol–water partition coefficient (Wildman–Crippen LogP) is 4.02. The quantitative estimate of drug-likeness (QED) is 0.653. The number of benzene rings is 2. The number of carbonyl (C=O) groups is 1. The van der Waals surface area contributed by atoms with Gasteiger partial charge in [-0.3, -0.25) is 0 Å². The van der Waals surface area contributed by atoms with Crippen LogP contribution in [0.15, 0.2) is 51.8 Å². The summed E-state index contributed by atoms with van der Waals surface area (Å²) in [5.41, 5.74) is 7.80. The molecule has 0 spiro atoms. The number of hydrogen-bond donors (Lipinski definition) is 2. The zero-order valence-corrected chi connectivity index (χ0v) is 12.4. The van der Waals surface area contributed by atoms with Crippen molar-refractivity contribution in [3.63, 3.8) is 0 Å². The lowest BCUT2D eigenvalue weighted by molar-refractivity contribution is 0.0697. The van der Waals surface area contributed by atoms with Crippen LogP contribution in [0.1, 0.15) is 15.9 Å². The molecule has 19 heavy (non-hydrogen) atoms. The lowest BCUT2D eigenvalue weighted by atomic mass is 10.1. The SMILES string of the molecule is Nc1cccc(SCc2ccc(C(=O)O)cc2Br)c1. The molecule has 2 aromatic rings. The van der Waals surface area contributed by atoms with Gasteiger partial charge in [-0.25, -0.2) is 4.79 Å². The maximum absolute atomic E-state index is 10.8. The summed E-state index contributed by atoms with van der Waals surface area (Å²) in [5, 5.41) is 8.90. The van der Waals surface area contributed by atoms with Crippen molar-refractivity contribution in [2.75, 3.05) is 5.73 Å². The molecule has 0 aromatic heterocycles. The van der Waals surface area contributed by atoms with E-state index >= 15 is 0 Å². The van der Waals surface area contributed by atoms with Gasteiger partial charge in [-0.2, -0.15) is 0 Å². The number of aromatic carboxylic acids is 1. The molecule has 0 atom stereocenters. The van der Waals surface area contributed by atoms with E-state index in [1.165, 1.54) is 0 Å². The first-order chi connectivity index (χ1) is 9.06. The van der Waals surface area contributed by atoms with E-state index in [0.717, 1.165) is 26.4 Å². The summed E-state index contributed by atoms with van der Waals surface area (Å²) >= 11 is 5.06. The minimum absolute atomic E-state index is 0.282. The van der Waals surface area contributed by atoms with Gasteiger partial charge < -0.3 is 10.8 Å². The minimum Gasteiger partial charge on any atom is -0.478 e. The first kappa shape index (κ1) is 14.0. The Morgan fingerprint density at radius 1 is 1.26 bits per heavy atom. The maximum atomic E-state index is 10.8. The molecular formula is C14H12BrNO2S. The van der Waals surface area contributed by atoms with Crippen LogP contribution in [0.3, 0.4) is 0 Å². The van der Waals surface area contributed by atoms with Crippen molar-refractivity contribution in [1.29, 1.82) is 0 Å². The second-order valence-electron chi connectivity index (χ2n) is 3.97. The molecule has 0 aliphatic carbocycles. The molecule has 3 nitrogen and oxygen atoms in total. The Morgan fingerprint density at radius 3 is 2.68 bits per heavy atom. The summed E-state index contributed by atoms with van der Waals surface area (Å²) in [5.74, 6) is -0.167. The smallest absolute Gasteiger partial charge is 0.335 e. The highest BCUT2D eigenvalue weighted by Crippen LogP contribution is 2.28. The van der Waals surface area contributed by atoms with Gasteiger partial charge in [0, 0.05) is 20.8 Å². The second-order valence-corrected chi connectivity index (χ2v) is 5.88. The number of thioether (sulfide) groups is 1. The van der Waals surface area contributed by atoms with E-state index in [0.29, 0.717) is 0 Å². The molecule has 0 amide bonds. The fourth-order valence-corrected chi connectivity index (χ4v) is 3.24. The summed E-state index contributed by atoms with van der Waals surface area (Å²) in [6, 6.07) is 12.7. The number of hydrogen-bond acceptors (Lipinski definition) is 3. The highest BCUT2D eigenvalue weighted by molar-refractivity contribution is 9.10. The summed E-state index contributed by atoms with van der Waals surface area (Å²) in [6.45, 7) is 0. The lowest BCUT2D eigenvalue weighted by Gasteiger charge is -2.06. The van der Waals surface area contributed by atoms with Gasteiger partial charge in [0.2, 0.25) is 0 Å². The van der Waals surface area contributed by atoms with Crippen molar-refractivity contribution < 1.29 is 9.90 Å². The summed E-state index contributed by atoms with van der Waals surface area (Å²) in [6.07, 6.45) is 0. The zero-order valence-electron chi connectivity index (χ0n) is 9.97. The Labute approximate surface area is 124 Å². The first-order valence-electron chi connectivity index (χ1n) is 5.56. The second kappa shape index (κ2) is 6.12. The monoisotopic (exact) mass is 337 g/mol. The van der Waals surface area contributed by atoms with Gasteiger partial charge in [0.1, 0.15) is 0 Å². The predicted molar refractivity (Wildman–Crippen MR) is 81.5 cm³/mol. The third-order valence-electron chi connectivity index (χ3n) is 2.55. The van der Waals surface area contributed by atoms with Crippen molar-refractivity contribution in [3.05, 3.63) is 58.1 Å². The number of rotatable bonds is 4. The van der Waals surface area contributed by atoms with Crippen LogP contribution in [-0.2, 0) is 5.75 Å². The van der Waals surface area contributed by atoms with Gasteiger partial charge in [-0.05, 0) is 35.9 Å². The minimum atomic E-state index is -0.921. The third-order valence-corrected chi connectivity index (χ3v) is 4.33. The Hall–Kier alpha value is -1.46. The Kier molecular flexibility index (Phi) is 4.50. The van der Waals surface area contributed by atoms with E-state index in [2.05, 4.69) is 15.9 Å². The zero-order chi connectivity index (χ0) is 13.8. The standard InChI is InChI=1S/C14H12BrNO2S/c15-13-6-9(14(17)18)4-5-10(13)8-19-12-3-1-2-11(16)7-12/h1-7H,8,16H2,(H,17,18). The average Bonchev–Trinajstić information content (AvgIpc) is 2.37. The topological polar surface area (TPSA) is 63.3 Å². The van der Waals surface area contributed by atoms with E-state index in [1.807, 2.05) is 30.3 Å². The molecule has 5 heteroatoms. The number of anilines is 1. The number of carboxylic acids is 1. The third kappa shape index (κ3) is 3.75. The molecule has 0 unspecified atom stereocenters. The Morgan fingerprint density at radius 2 is 2.05 bits per heavy atom. The molecule has 2 aromatic carbocycles. The van der Waals surface area contributed by atoms with E-state index in [9.17, 15) is 4.79 Å². The van der Waals surface area contributed by atoms with Gasteiger partial charge in [-0.1, -0.05) is 28.1 Å². The van der Waals surface area contributed by atoms with Crippen LogP contribution in [0.4, 0.5) is 5.69 Å². The molecule has 0 heterocycles. The van der Waals surface area contributed by atoms with E-state index in [1.54, 1.807) is 23.9 Å². The molecule has 0 saturated carbocycles. The highest BCUT2D eigenvalue weighted by Gasteiger charge is 2.07. The van der Waals surface area contributed by atoms with Crippen LogP contribution >= 0.6 is 27.7 Å². The van der Waals surface area contributed by atoms with Crippen molar-refractivity contribution >= 4 is 39.3 Å². The molecule has 3 N–H and O–H groups in total. The summed E-state index contributed by atoms with van der Waals surface area (Å²) < 4.78 is 0.809. The van der Waals surface area contributed by atoms with Crippen molar-refractivity contribution in [2.45, 2.75) is 10.6 Å². The van der Waals surface area contributed by atoms with Gasteiger partial charge in [-0.15, -0.1) is 11.8 Å². The van der Waals surface area contributed by atoms with Crippen LogP contribution in [0.5, 0.6) is 0 Å². The fourth-order valence-electron chi connectivity index (χ4n) is 1.56. The average molecular weight is 338 g/mol. The molecule has 98 valence electrons. The molecule has 0 aliphatic heterocycles.